The number of hydrogen-bond acceptors (Lipinski definition) is 4. The Labute approximate surface area is 93.4 Å². The van der Waals surface area contributed by atoms with Crippen LogP contribution in [0.4, 0.5) is 5.82 Å². The molecule has 0 aliphatic carbocycles. The van der Waals surface area contributed by atoms with Gasteiger partial charge >= 0.3 is 0 Å². The van der Waals surface area contributed by atoms with Crippen molar-refractivity contribution in [2.24, 2.45) is 4.99 Å². The summed E-state index contributed by atoms with van der Waals surface area (Å²) in [5.74, 6) is 0.486. The largest absolute Gasteiger partial charge is 0.369 e. The fourth-order valence-corrected chi connectivity index (χ4v) is 1.22. The van der Waals surface area contributed by atoms with Gasteiger partial charge in [0.15, 0.2) is 5.69 Å². The first kappa shape index (κ1) is 10.4. The molecule has 1 aromatic carbocycles. The van der Waals surface area contributed by atoms with Crippen LogP contribution in [-0.4, -0.2) is 35.6 Å². The van der Waals surface area contributed by atoms with Gasteiger partial charge in [-0.15, -0.1) is 0 Å². The Kier molecular flexibility index (Phi) is 2.95. The van der Waals surface area contributed by atoms with Crippen LogP contribution in [0.15, 0.2) is 40.0 Å². The van der Waals surface area contributed by atoms with Gasteiger partial charge in [-0.3, -0.25) is 0 Å². The maximum atomic E-state index is 4.70. The van der Waals surface area contributed by atoms with Crippen molar-refractivity contribution < 1.29 is 4.63 Å². The van der Waals surface area contributed by atoms with E-state index in [1.54, 1.807) is 6.34 Å². The van der Waals surface area contributed by atoms with Crippen LogP contribution >= 0.6 is 0 Å². The van der Waals surface area contributed by atoms with Crippen LogP contribution in [-0.2, 0) is 0 Å². The molecule has 2 rings (SSSR count). The van der Waals surface area contributed by atoms with E-state index < -0.39 is 0 Å². The minimum atomic E-state index is 0.486. The monoisotopic (exact) mass is 216 g/mol. The Morgan fingerprint density at radius 1 is 1.19 bits per heavy atom. The van der Waals surface area contributed by atoms with E-state index in [0.717, 1.165) is 5.56 Å². The molecule has 1 aromatic heterocycles. The van der Waals surface area contributed by atoms with Crippen LogP contribution in [0.3, 0.4) is 0 Å². The molecule has 5 nitrogen and oxygen atoms in total. The van der Waals surface area contributed by atoms with Gasteiger partial charge in [-0.25, -0.2) is 9.62 Å². The molecule has 0 fully saturated rings. The van der Waals surface area contributed by atoms with Gasteiger partial charge in [0.05, 0.1) is 6.34 Å². The van der Waals surface area contributed by atoms with Crippen LogP contribution in [0, 0.1) is 0 Å². The number of hydrogen-bond donors (Lipinski definition) is 0. The van der Waals surface area contributed by atoms with Gasteiger partial charge in [0.1, 0.15) is 0 Å². The highest BCUT2D eigenvalue weighted by molar-refractivity contribution is 5.72. The molecule has 0 aliphatic rings. The van der Waals surface area contributed by atoms with E-state index in [0.29, 0.717) is 11.5 Å². The molecule has 16 heavy (non-hydrogen) atoms. The Balaban J connectivity index is 2.33. The van der Waals surface area contributed by atoms with Crippen molar-refractivity contribution in [2.45, 2.75) is 0 Å². The first-order valence-corrected chi connectivity index (χ1v) is 4.86. The first-order chi connectivity index (χ1) is 7.77. The topological polar surface area (TPSA) is 54.5 Å². The Morgan fingerprint density at radius 3 is 2.62 bits per heavy atom. The van der Waals surface area contributed by atoms with E-state index in [1.807, 2.05) is 49.3 Å². The molecule has 0 saturated heterocycles. The number of nitrogens with zero attached hydrogens (tertiary/aromatic N) is 4. The lowest BCUT2D eigenvalue weighted by Gasteiger charge is -2.00. The summed E-state index contributed by atoms with van der Waals surface area (Å²) in [6, 6.07) is 9.69. The van der Waals surface area contributed by atoms with Crippen LogP contribution in [0.2, 0.25) is 0 Å². The summed E-state index contributed by atoms with van der Waals surface area (Å²) < 4.78 is 4.70. The van der Waals surface area contributed by atoms with Gasteiger partial charge in [0, 0.05) is 19.7 Å². The molecule has 0 saturated carbocycles. The lowest BCUT2D eigenvalue weighted by atomic mass is 10.1. The molecular formula is C11H12N4O. The zero-order valence-electron chi connectivity index (χ0n) is 9.16. The van der Waals surface area contributed by atoms with Gasteiger partial charge in [-0.05, 0) is 10.3 Å². The zero-order valence-corrected chi connectivity index (χ0v) is 9.16. The van der Waals surface area contributed by atoms with Crippen molar-refractivity contribution in [1.82, 2.24) is 15.2 Å². The maximum Gasteiger partial charge on any atom is 0.226 e. The molecule has 0 amide bonds. The van der Waals surface area contributed by atoms with E-state index in [1.165, 1.54) is 0 Å². The molecule has 0 unspecified atom stereocenters. The highest BCUT2D eigenvalue weighted by Crippen LogP contribution is 2.25. The van der Waals surface area contributed by atoms with E-state index in [9.17, 15) is 0 Å². The summed E-state index contributed by atoms with van der Waals surface area (Å²) in [6.45, 7) is 0. The molecule has 0 N–H and O–H groups in total. The quantitative estimate of drug-likeness (QED) is 0.581. The maximum absolute atomic E-state index is 4.70. The van der Waals surface area contributed by atoms with Crippen molar-refractivity contribution in [3.8, 4) is 11.3 Å². The molecule has 2 aromatic rings. The smallest absolute Gasteiger partial charge is 0.226 e. The van der Waals surface area contributed by atoms with Gasteiger partial charge in [-0.1, -0.05) is 30.3 Å². The number of rotatable bonds is 3. The Hall–Kier alpha value is -2.17. The lowest BCUT2D eigenvalue weighted by Crippen LogP contribution is -2.07. The van der Waals surface area contributed by atoms with Crippen molar-refractivity contribution in [1.29, 1.82) is 0 Å². The molecule has 0 radical (unpaired) electrons. The van der Waals surface area contributed by atoms with Crippen molar-refractivity contribution in [3.05, 3.63) is 30.3 Å². The summed E-state index contributed by atoms with van der Waals surface area (Å²) in [7, 11) is 3.78. The average molecular weight is 216 g/mol. The van der Waals surface area contributed by atoms with Crippen molar-refractivity contribution >= 4 is 12.2 Å². The van der Waals surface area contributed by atoms with E-state index >= 15 is 0 Å². The van der Waals surface area contributed by atoms with Gasteiger partial charge in [0.25, 0.3) is 0 Å². The van der Waals surface area contributed by atoms with Crippen LogP contribution in [0.5, 0.6) is 0 Å². The summed E-state index contributed by atoms with van der Waals surface area (Å²) in [6.07, 6.45) is 1.66. The molecule has 0 spiro atoms. The second-order valence-corrected chi connectivity index (χ2v) is 3.51. The third kappa shape index (κ3) is 2.25. The normalized spacial score (nSPS) is 10.9. The number of aromatic nitrogens is 2. The van der Waals surface area contributed by atoms with Gasteiger partial charge < -0.3 is 4.90 Å². The predicted molar refractivity (Wildman–Crippen MR) is 61.6 cm³/mol. The fraction of sp³-hybridized carbons (Fsp3) is 0.182. The fourth-order valence-electron chi connectivity index (χ4n) is 1.22. The molecule has 0 bridgehead atoms. The van der Waals surface area contributed by atoms with Crippen molar-refractivity contribution in [2.75, 3.05) is 14.1 Å². The van der Waals surface area contributed by atoms with E-state index in [-0.39, 0.29) is 0 Å². The molecule has 0 aliphatic heterocycles. The lowest BCUT2D eigenvalue weighted by molar-refractivity contribution is 0.309. The minimum absolute atomic E-state index is 0.486. The highest BCUT2D eigenvalue weighted by atomic mass is 16.6. The Bertz CT molecular complexity index is 476. The standard InChI is InChI=1S/C11H12N4O/c1-15(2)8-12-11-10(13-16-14-11)9-6-4-3-5-7-9/h3-8H,1-2H3. The van der Waals surface area contributed by atoms with Crippen molar-refractivity contribution in [3.63, 3.8) is 0 Å². The molecule has 1 heterocycles. The molecule has 82 valence electrons. The average Bonchev–Trinajstić information content (AvgIpc) is 2.75. The molecular weight excluding hydrogens is 204 g/mol. The first-order valence-electron chi connectivity index (χ1n) is 4.86. The SMILES string of the molecule is CN(C)C=Nc1nonc1-c1ccccc1. The summed E-state index contributed by atoms with van der Waals surface area (Å²) in [5.41, 5.74) is 1.59. The van der Waals surface area contributed by atoms with Gasteiger partial charge in [0.2, 0.25) is 5.82 Å². The predicted octanol–water partition coefficient (Wildman–Crippen LogP) is 1.96. The van der Waals surface area contributed by atoms with Crippen LogP contribution < -0.4 is 0 Å². The molecule has 5 heteroatoms. The third-order valence-corrected chi connectivity index (χ3v) is 1.93. The van der Waals surface area contributed by atoms with Crippen LogP contribution in [0.1, 0.15) is 0 Å². The van der Waals surface area contributed by atoms with E-state index in [4.69, 9.17) is 4.63 Å². The summed E-state index contributed by atoms with van der Waals surface area (Å²) in [5, 5.41) is 7.60. The second kappa shape index (κ2) is 4.57. The minimum Gasteiger partial charge on any atom is -0.369 e. The number of benzene rings is 1. The second-order valence-electron chi connectivity index (χ2n) is 3.51. The number of aliphatic imine (C=N–C) groups is 1. The zero-order chi connectivity index (χ0) is 11.4. The highest BCUT2D eigenvalue weighted by Gasteiger charge is 2.10. The third-order valence-electron chi connectivity index (χ3n) is 1.93. The molecule has 0 atom stereocenters. The Morgan fingerprint density at radius 2 is 1.94 bits per heavy atom. The summed E-state index contributed by atoms with van der Waals surface area (Å²) in [4.78, 5) is 6.00. The van der Waals surface area contributed by atoms with E-state index in [2.05, 4.69) is 15.3 Å². The summed E-state index contributed by atoms with van der Waals surface area (Å²) >= 11 is 0. The van der Waals surface area contributed by atoms with Crippen LogP contribution in [0.25, 0.3) is 11.3 Å². The van der Waals surface area contributed by atoms with Gasteiger partial charge in [-0.2, -0.15) is 0 Å².